The molecule has 2 heterocycles. The molecule has 1 fully saturated rings. The number of aromatic nitrogens is 1. The number of piperidine rings is 1. The molecule has 0 saturated carbocycles. The predicted molar refractivity (Wildman–Crippen MR) is 104 cm³/mol. The largest absolute Gasteiger partial charge is 0.388 e. The zero-order chi connectivity index (χ0) is 17.9. The minimum atomic E-state index is -0.533. The summed E-state index contributed by atoms with van der Waals surface area (Å²) in [5.74, 6) is -0.0703. The second-order valence-electron chi connectivity index (χ2n) is 6.70. The molecule has 1 saturated heterocycles. The van der Waals surface area contributed by atoms with Crippen molar-refractivity contribution in [3.05, 3.63) is 71.4 Å². The van der Waals surface area contributed by atoms with Gasteiger partial charge in [0.05, 0.1) is 11.8 Å². The number of rotatable bonds is 4. The van der Waals surface area contributed by atoms with Crippen LogP contribution < -0.4 is 4.90 Å². The van der Waals surface area contributed by atoms with Gasteiger partial charge in [-0.3, -0.25) is 0 Å². The molecule has 5 heteroatoms. The lowest BCUT2D eigenvalue weighted by Gasteiger charge is -2.34. The van der Waals surface area contributed by atoms with Crippen LogP contribution in [0.25, 0.3) is 11.3 Å². The van der Waals surface area contributed by atoms with Crippen LogP contribution in [-0.2, 0) is 0 Å². The van der Waals surface area contributed by atoms with Crippen molar-refractivity contribution < 1.29 is 9.50 Å². The van der Waals surface area contributed by atoms with Gasteiger partial charge < -0.3 is 10.0 Å². The van der Waals surface area contributed by atoms with Crippen molar-refractivity contribution in [2.75, 3.05) is 18.0 Å². The second kappa shape index (κ2) is 7.56. The Bertz CT molecular complexity index is 842. The maximum absolute atomic E-state index is 13.1. The molecule has 2 aromatic carbocycles. The van der Waals surface area contributed by atoms with E-state index in [4.69, 9.17) is 4.98 Å². The number of thiazole rings is 1. The molecule has 134 valence electrons. The number of anilines is 1. The van der Waals surface area contributed by atoms with E-state index in [1.165, 1.54) is 12.1 Å². The van der Waals surface area contributed by atoms with Gasteiger partial charge in [0.15, 0.2) is 5.13 Å². The first-order chi connectivity index (χ1) is 12.7. The van der Waals surface area contributed by atoms with E-state index >= 15 is 0 Å². The summed E-state index contributed by atoms with van der Waals surface area (Å²) >= 11 is 1.67. The Balaban J connectivity index is 1.39. The van der Waals surface area contributed by atoms with Gasteiger partial charge in [0.25, 0.3) is 0 Å². The third-order valence-corrected chi connectivity index (χ3v) is 5.93. The first-order valence-corrected chi connectivity index (χ1v) is 9.78. The maximum atomic E-state index is 13.1. The first-order valence-electron chi connectivity index (χ1n) is 8.90. The Morgan fingerprint density at radius 3 is 2.42 bits per heavy atom. The van der Waals surface area contributed by atoms with Crippen molar-refractivity contribution in [2.24, 2.45) is 5.92 Å². The molecule has 1 N–H and O–H groups in total. The van der Waals surface area contributed by atoms with Crippen molar-refractivity contribution in [3.63, 3.8) is 0 Å². The van der Waals surface area contributed by atoms with Crippen LogP contribution in [0.1, 0.15) is 24.5 Å². The van der Waals surface area contributed by atoms with Crippen LogP contribution in [0.3, 0.4) is 0 Å². The molecule has 1 atom stereocenters. The summed E-state index contributed by atoms with van der Waals surface area (Å²) in [4.78, 5) is 7.08. The maximum Gasteiger partial charge on any atom is 0.185 e. The molecular weight excluding hydrogens is 347 g/mol. The van der Waals surface area contributed by atoms with Crippen LogP contribution in [0.15, 0.2) is 60.0 Å². The summed E-state index contributed by atoms with van der Waals surface area (Å²) in [7, 11) is 0. The second-order valence-corrected chi connectivity index (χ2v) is 7.54. The predicted octanol–water partition coefficient (Wildman–Crippen LogP) is 4.90. The molecule has 26 heavy (non-hydrogen) atoms. The highest BCUT2D eigenvalue weighted by Gasteiger charge is 2.27. The normalized spacial score (nSPS) is 16.6. The van der Waals surface area contributed by atoms with Gasteiger partial charge in [-0.25, -0.2) is 9.37 Å². The van der Waals surface area contributed by atoms with Gasteiger partial charge in [0, 0.05) is 24.0 Å². The number of halogens is 1. The Labute approximate surface area is 156 Å². The van der Waals surface area contributed by atoms with Crippen LogP contribution in [0.2, 0.25) is 0 Å². The molecular formula is C21H21FN2OS. The van der Waals surface area contributed by atoms with Gasteiger partial charge >= 0.3 is 0 Å². The van der Waals surface area contributed by atoms with Crippen molar-refractivity contribution >= 4 is 16.5 Å². The smallest absolute Gasteiger partial charge is 0.185 e. The molecule has 1 aliphatic rings. The summed E-state index contributed by atoms with van der Waals surface area (Å²) in [6, 6.07) is 16.4. The Hall–Kier alpha value is -2.24. The van der Waals surface area contributed by atoms with E-state index in [0.29, 0.717) is 0 Å². The topological polar surface area (TPSA) is 36.4 Å². The van der Waals surface area contributed by atoms with Crippen LogP contribution in [0.4, 0.5) is 9.52 Å². The number of hydrogen-bond donors (Lipinski definition) is 1. The zero-order valence-corrected chi connectivity index (χ0v) is 15.2. The lowest BCUT2D eigenvalue weighted by Crippen LogP contribution is -2.35. The molecule has 1 aromatic heterocycles. The van der Waals surface area contributed by atoms with Crippen LogP contribution >= 0.6 is 11.3 Å². The Morgan fingerprint density at radius 1 is 1.04 bits per heavy atom. The van der Waals surface area contributed by atoms with Gasteiger partial charge in [-0.05, 0) is 36.5 Å². The van der Waals surface area contributed by atoms with E-state index in [1.54, 1.807) is 23.5 Å². The van der Waals surface area contributed by atoms with Gasteiger partial charge in [0.1, 0.15) is 5.82 Å². The Kier molecular flexibility index (Phi) is 5.00. The summed E-state index contributed by atoms with van der Waals surface area (Å²) in [6.07, 6.45) is 1.27. The van der Waals surface area contributed by atoms with Crippen LogP contribution in [0, 0.1) is 11.7 Å². The summed E-state index contributed by atoms with van der Waals surface area (Å²) < 4.78 is 13.1. The van der Waals surface area contributed by atoms with Gasteiger partial charge in [-0.15, -0.1) is 11.3 Å². The van der Waals surface area contributed by atoms with E-state index in [2.05, 4.69) is 22.4 Å². The lowest BCUT2D eigenvalue weighted by atomic mass is 9.87. The third-order valence-electron chi connectivity index (χ3n) is 5.03. The van der Waals surface area contributed by atoms with E-state index in [0.717, 1.165) is 47.9 Å². The summed E-state index contributed by atoms with van der Waals surface area (Å²) in [6.45, 7) is 1.76. The molecule has 0 bridgehead atoms. The van der Waals surface area contributed by atoms with Crippen LogP contribution in [0.5, 0.6) is 0 Å². The summed E-state index contributed by atoms with van der Waals surface area (Å²) in [5.41, 5.74) is 2.95. The molecule has 0 amide bonds. The molecule has 3 aromatic rings. The van der Waals surface area contributed by atoms with Crippen molar-refractivity contribution in [1.29, 1.82) is 0 Å². The zero-order valence-electron chi connectivity index (χ0n) is 14.4. The lowest BCUT2D eigenvalue weighted by molar-refractivity contribution is 0.0929. The third kappa shape index (κ3) is 3.64. The SMILES string of the molecule is OC(c1ccc(F)cc1)C1CCN(c2nc(-c3ccccc3)cs2)CC1. The van der Waals surface area contributed by atoms with E-state index in [9.17, 15) is 9.50 Å². The monoisotopic (exact) mass is 368 g/mol. The standard InChI is InChI=1S/C21H21FN2OS/c22-18-8-6-16(7-9-18)20(25)17-10-12-24(13-11-17)21-23-19(14-26-21)15-4-2-1-3-5-15/h1-9,14,17,20,25H,10-13H2. The number of nitrogens with zero attached hydrogens (tertiary/aromatic N) is 2. The van der Waals surface area contributed by atoms with E-state index < -0.39 is 6.10 Å². The fourth-order valence-corrected chi connectivity index (χ4v) is 4.38. The molecule has 1 aliphatic heterocycles. The van der Waals surface area contributed by atoms with Crippen molar-refractivity contribution in [1.82, 2.24) is 4.98 Å². The first kappa shape index (κ1) is 17.2. The van der Waals surface area contributed by atoms with E-state index in [-0.39, 0.29) is 11.7 Å². The van der Waals surface area contributed by atoms with Gasteiger partial charge in [-0.2, -0.15) is 0 Å². The molecule has 0 spiro atoms. The fourth-order valence-electron chi connectivity index (χ4n) is 3.49. The average molecular weight is 368 g/mol. The van der Waals surface area contributed by atoms with Crippen LogP contribution in [-0.4, -0.2) is 23.2 Å². The molecule has 4 rings (SSSR count). The summed E-state index contributed by atoms with van der Waals surface area (Å²) in [5, 5.41) is 13.7. The molecule has 0 aliphatic carbocycles. The number of hydrogen-bond acceptors (Lipinski definition) is 4. The molecule has 1 unspecified atom stereocenters. The minimum absolute atomic E-state index is 0.199. The highest BCUT2D eigenvalue weighted by molar-refractivity contribution is 7.14. The number of benzene rings is 2. The van der Waals surface area contributed by atoms with Gasteiger partial charge in [0.2, 0.25) is 0 Å². The van der Waals surface area contributed by atoms with Gasteiger partial charge in [-0.1, -0.05) is 42.5 Å². The molecule has 0 radical (unpaired) electrons. The number of aliphatic hydroxyl groups excluding tert-OH is 1. The molecule has 3 nitrogen and oxygen atoms in total. The minimum Gasteiger partial charge on any atom is -0.388 e. The Morgan fingerprint density at radius 2 is 1.73 bits per heavy atom. The average Bonchev–Trinajstić information content (AvgIpc) is 3.19. The fraction of sp³-hybridized carbons (Fsp3) is 0.286. The highest BCUT2D eigenvalue weighted by Crippen LogP contribution is 2.34. The number of aliphatic hydroxyl groups is 1. The van der Waals surface area contributed by atoms with Crippen molar-refractivity contribution in [3.8, 4) is 11.3 Å². The quantitative estimate of drug-likeness (QED) is 0.712. The van der Waals surface area contributed by atoms with E-state index in [1.807, 2.05) is 18.2 Å². The highest BCUT2D eigenvalue weighted by atomic mass is 32.1. The van der Waals surface area contributed by atoms with Crippen molar-refractivity contribution in [2.45, 2.75) is 18.9 Å².